The fourth-order valence-electron chi connectivity index (χ4n) is 1.65. The Balaban J connectivity index is 2.17. The van der Waals surface area contributed by atoms with E-state index in [0.717, 1.165) is 10.2 Å². The van der Waals surface area contributed by atoms with E-state index in [1.165, 1.54) is 25.3 Å². The van der Waals surface area contributed by atoms with E-state index < -0.39 is 11.8 Å². The maximum Gasteiger partial charge on any atom is 0.339 e. The van der Waals surface area contributed by atoms with Gasteiger partial charge in [-0.3, -0.25) is 4.98 Å². The van der Waals surface area contributed by atoms with Crippen molar-refractivity contribution in [3.05, 3.63) is 58.1 Å². The van der Waals surface area contributed by atoms with Gasteiger partial charge in [0.2, 0.25) is 0 Å². The van der Waals surface area contributed by atoms with Crippen LogP contribution in [-0.2, 0) is 11.3 Å². The van der Waals surface area contributed by atoms with Crippen LogP contribution in [0.25, 0.3) is 0 Å². The number of pyridine rings is 1. The van der Waals surface area contributed by atoms with Gasteiger partial charge in [0.05, 0.1) is 30.6 Å². The van der Waals surface area contributed by atoms with Crippen molar-refractivity contribution in [1.29, 1.82) is 0 Å². The van der Waals surface area contributed by atoms with Crippen molar-refractivity contribution >= 4 is 27.6 Å². The first-order valence-electron chi connectivity index (χ1n) is 5.82. The van der Waals surface area contributed by atoms with Gasteiger partial charge in [0.25, 0.3) is 0 Å². The van der Waals surface area contributed by atoms with E-state index in [0.29, 0.717) is 12.2 Å². The summed E-state index contributed by atoms with van der Waals surface area (Å²) in [5, 5.41) is 2.99. The molecular weight excluding hydrogens is 327 g/mol. The number of nitrogens with one attached hydrogen (secondary N) is 1. The Kier molecular flexibility index (Phi) is 4.68. The predicted octanol–water partition coefficient (Wildman–Crippen LogP) is 3.38. The highest BCUT2D eigenvalue weighted by molar-refractivity contribution is 9.10. The zero-order chi connectivity index (χ0) is 14.5. The summed E-state index contributed by atoms with van der Waals surface area (Å²) in [6.45, 7) is 0.376. The van der Waals surface area contributed by atoms with Crippen molar-refractivity contribution in [3.8, 4) is 0 Å². The van der Waals surface area contributed by atoms with Crippen LogP contribution in [0.2, 0.25) is 0 Å². The zero-order valence-corrected chi connectivity index (χ0v) is 12.3. The average molecular weight is 339 g/mol. The van der Waals surface area contributed by atoms with E-state index in [-0.39, 0.29) is 5.56 Å². The van der Waals surface area contributed by atoms with E-state index in [9.17, 15) is 9.18 Å². The summed E-state index contributed by atoms with van der Waals surface area (Å²) in [6, 6.07) is 7.55. The Hall–Kier alpha value is -1.95. The maximum atomic E-state index is 13.3. The molecule has 0 bridgehead atoms. The topological polar surface area (TPSA) is 51.2 Å². The second kappa shape index (κ2) is 6.47. The minimum Gasteiger partial charge on any atom is -0.465 e. The molecule has 0 atom stereocenters. The lowest BCUT2D eigenvalue weighted by atomic mass is 10.1. The third-order valence-corrected chi connectivity index (χ3v) is 3.10. The first-order chi connectivity index (χ1) is 9.60. The minimum absolute atomic E-state index is 0.283. The molecule has 0 amide bonds. The van der Waals surface area contributed by atoms with Crippen LogP contribution in [0.1, 0.15) is 16.1 Å². The average Bonchev–Trinajstić information content (AvgIpc) is 2.46. The SMILES string of the molecule is COC(=O)c1ccc(F)cc1NCc1ccc(Br)cn1. The Morgan fingerprint density at radius 3 is 2.85 bits per heavy atom. The van der Waals surface area contributed by atoms with Crippen molar-refractivity contribution in [2.45, 2.75) is 6.54 Å². The molecule has 0 unspecified atom stereocenters. The largest absolute Gasteiger partial charge is 0.465 e. The summed E-state index contributed by atoms with van der Waals surface area (Å²) < 4.78 is 18.8. The standard InChI is InChI=1S/C14H12BrFN2O2/c1-20-14(19)12-5-3-10(16)6-13(12)18-8-11-4-2-9(15)7-17-11/h2-7,18H,8H2,1H3. The molecule has 6 heteroatoms. The molecule has 1 aromatic carbocycles. The van der Waals surface area contributed by atoms with Gasteiger partial charge >= 0.3 is 5.97 Å². The Labute approximate surface area is 124 Å². The molecule has 0 aliphatic rings. The first-order valence-corrected chi connectivity index (χ1v) is 6.61. The molecule has 0 spiro atoms. The van der Waals surface area contributed by atoms with Gasteiger partial charge in [-0.1, -0.05) is 0 Å². The predicted molar refractivity (Wildman–Crippen MR) is 77.0 cm³/mol. The minimum atomic E-state index is -0.517. The van der Waals surface area contributed by atoms with Crippen molar-refractivity contribution in [2.24, 2.45) is 0 Å². The van der Waals surface area contributed by atoms with Crippen molar-refractivity contribution < 1.29 is 13.9 Å². The molecular formula is C14H12BrFN2O2. The number of methoxy groups -OCH3 is 1. The molecule has 2 rings (SSSR count). The highest BCUT2D eigenvalue weighted by Gasteiger charge is 2.12. The third kappa shape index (κ3) is 3.54. The van der Waals surface area contributed by atoms with Gasteiger partial charge < -0.3 is 10.1 Å². The molecule has 0 fully saturated rings. The van der Waals surface area contributed by atoms with Gasteiger partial charge in [0, 0.05) is 10.7 Å². The number of rotatable bonds is 4. The molecule has 4 nitrogen and oxygen atoms in total. The van der Waals surface area contributed by atoms with Crippen LogP contribution in [-0.4, -0.2) is 18.1 Å². The molecule has 0 saturated heterocycles. The van der Waals surface area contributed by atoms with Crippen molar-refractivity contribution in [2.75, 3.05) is 12.4 Å². The molecule has 104 valence electrons. The second-order valence-corrected chi connectivity index (χ2v) is 4.92. The number of benzene rings is 1. The summed E-state index contributed by atoms with van der Waals surface area (Å²) in [4.78, 5) is 15.8. The quantitative estimate of drug-likeness (QED) is 0.868. The number of anilines is 1. The molecule has 0 radical (unpaired) electrons. The number of ether oxygens (including phenoxy) is 1. The fraction of sp³-hybridized carbons (Fsp3) is 0.143. The number of hydrogen-bond donors (Lipinski definition) is 1. The van der Waals surface area contributed by atoms with Gasteiger partial charge in [0.15, 0.2) is 0 Å². The second-order valence-electron chi connectivity index (χ2n) is 4.00. The van der Waals surface area contributed by atoms with Gasteiger partial charge in [0.1, 0.15) is 5.82 Å². The number of aromatic nitrogens is 1. The van der Waals surface area contributed by atoms with E-state index in [1.54, 1.807) is 6.20 Å². The number of esters is 1. The molecule has 0 saturated carbocycles. The smallest absolute Gasteiger partial charge is 0.339 e. The van der Waals surface area contributed by atoms with Crippen molar-refractivity contribution in [3.63, 3.8) is 0 Å². The number of halogens is 2. The Morgan fingerprint density at radius 1 is 1.40 bits per heavy atom. The van der Waals surface area contributed by atoms with E-state index >= 15 is 0 Å². The van der Waals surface area contributed by atoms with Crippen LogP contribution >= 0.6 is 15.9 Å². The van der Waals surface area contributed by atoms with Crippen LogP contribution in [0, 0.1) is 5.82 Å². The van der Waals surface area contributed by atoms with Gasteiger partial charge in [-0.25, -0.2) is 9.18 Å². The van der Waals surface area contributed by atoms with Gasteiger partial charge in [-0.15, -0.1) is 0 Å². The number of hydrogen-bond acceptors (Lipinski definition) is 4. The maximum absolute atomic E-state index is 13.3. The summed E-state index contributed by atoms with van der Waals surface area (Å²) in [6.07, 6.45) is 1.67. The summed E-state index contributed by atoms with van der Waals surface area (Å²) in [5.74, 6) is -0.944. The molecule has 2 aromatic rings. The highest BCUT2D eigenvalue weighted by Crippen LogP contribution is 2.19. The fourth-order valence-corrected chi connectivity index (χ4v) is 1.88. The Morgan fingerprint density at radius 2 is 2.20 bits per heavy atom. The summed E-state index contributed by atoms with van der Waals surface area (Å²) in [7, 11) is 1.28. The van der Waals surface area contributed by atoms with Crippen molar-refractivity contribution in [1.82, 2.24) is 4.98 Å². The van der Waals surface area contributed by atoms with Gasteiger partial charge in [-0.2, -0.15) is 0 Å². The van der Waals surface area contributed by atoms with E-state index in [2.05, 4.69) is 31.0 Å². The number of nitrogens with zero attached hydrogens (tertiary/aromatic N) is 1. The lowest BCUT2D eigenvalue weighted by molar-refractivity contribution is 0.0602. The lowest BCUT2D eigenvalue weighted by Crippen LogP contribution is -2.09. The molecule has 1 N–H and O–H groups in total. The third-order valence-electron chi connectivity index (χ3n) is 2.64. The van der Waals surface area contributed by atoms with E-state index in [1.807, 2.05) is 12.1 Å². The normalized spacial score (nSPS) is 10.2. The molecule has 0 aliphatic carbocycles. The Bertz CT molecular complexity index is 617. The monoisotopic (exact) mass is 338 g/mol. The number of carbonyl (C=O) groups is 1. The molecule has 1 aromatic heterocycles. The molecule has 0 aliphatic heterocycles. The lowest BCUT2D eigenvalue weighted by Gasteiger charge is -2.10. The van der Waals surface area contributed by atoms with Crippen LogP contribution in [0.4, 0.5) is 10.1 Å². The molecule has 1 heterocycles. The van der Waals surface area contributed by atoms with Gasteiger partial charge in [-0.05, 0) is 46.3 Å². The number of carbonyl (C=O) groups excluding carboxylic acids is 1. The first kappa shape index (κ1) is 14.5. The van der Waals surface area contributed by atoms with Crippen LogP contribution < -0.4 is 5.32 Å². The highest BCUT2D eigenvalue weighted by atomic mass is 79.9. The van der Waals surface area contributed by atoms with Crippen LogP contribution in [0.15, 0.2) is 41.0 Å². The summed E-state index contributed by atoms with van der Waals surface area (Å²) in [5.41, 5.74) is 1.43. The van der Waals surface area contributed by atoms with Crippen LogP contribution in [0.5, 0.6) is 0 Å². The van der Waals surface area contributed by atoms with Crippen LogP contribution in [0.3, 0.4) is 0 Å². The molecule has 20 heavy (non-hydrogen) atoms. The zero-order valence-electron chi connectivity index (χ0n) is 10.7. The van der Waals surface area contributed by atoms with E-state index in [4.69, 9.17) is 0 Å². The summed E-state index contributed by atoms with van der Waals surface area (Å²) >= 11 is 3.30.